The Morgan fingerprint density at radius 3 is 0.950 bits per heavy atom. The van der Waals surface area contributed by atoms with Crippen molar-refractivity contribution in [3.8, 4) is 0 Å². The zero-order valence-electron chi connectivity index (χ0n) is 11.0. The van der Waals surface area contributed by atoms with E-state index in [9.17, 15) is 0 Å². The quantitative estimate of drug-likeness (QED) is 0.473. The molecule has 0 saturated heterocycles. The molecule has 0 aliphatic rings. The number of benzene rings is 3. The van der Waals surface area contributed by atoms with Crippen LogP contribution in [0.15, 0.2) is 91.0 Å². The van der Waals surface area contributed by atoms with Gasteiger partial charge >= 0.3 is 0 Å². The third-order valence-corrected chi connectivity index (χ3v) is 3.99. The highest BCUT2D eigenvalue weighted by molar-refractivity contribution is 7.59. The second-order valence-corrected chi connectivity index (χ2v) is 5.16. The van der Waals surface area contributed by atoms with Gasteiger partial charge in [0, 0.05) is 0 Å². The van der Waals surface area contributed by atoms with Gasteiger partial charge in [-0.15, -0.1) is 0 Å². The zero-order valence-corrected chi connectivity index (χ0v) is 11.8. The first-order chi connectivity index (χ1) is 9.82. The van der Waals surface area contributed by atoms with Crippen LogP contribution in [-0.4, -0.2) is 0 Å². The second-order valence-electron chi connectivity index (χ2n) is 4.62. The average molecular weight is 277 g/mol. The summed E-state index contributed by atoms with van der Waals surface area (Å²) in [7, 11) is 0. The number of quaternary nitrogens is 1. The lowest BCUT2D eigenvalue weighted by Crippen LogP contribution is -2.31. The van der Waals surface area contributed by atoms with E-state index in [1.807, 2.05) is 54.6 Å². The highest BCUT2D eigenvalue weighted by Crippen LogP contribution is 2.41. The summed E-state index contributed by atoms with van der Waals surface area (Å²) in [6.07, 6.45) is 0. The van der Waals surface area contributed by atoms with Crippen LogP contribution in [-0.2, 0) is 12.8 Å². The van der Waals surface area contributed by atoms with E-state index >= 15 is 0 Å². The van der Waals surface area contributed by atoms with Crippen LogP contribution < -0.4 is 3.89 Å². The minimum Gasteiger partial charge on any atom is -0.475 e. The van der Waals surface area contributed by atoms with E-state index in [2.05, 4.69) is 36.4 Å². The van der Waals surface area contributed by atoms with Gasteiger partial charge in [0.05, 0.1) is 0 Å². The van der Waals surface area contributed by atoms with Gasteiger partial charge in [-0.25, -0.2) is 0 Å². The van der Waals surface area contributed by atoms with Crippen molar-refractivity contribution in [2.45, 2.75) is 0 Å². The molecule has 0 bridgehead atoms. The summed E-state index contributed by atoms with van der Waals surface area (Å²) in [5.41, 5.74) is 3.21. The second kappa shape index (κ2) is 5.53. The first kappa shape index (κ1) is 13.0. The van der Waals surface area contributed by atoms with E-state index in [1.54, 1.807) is 0 Å². The molecule has 98 valence electrons. The van der Waals surface area contributed by atoms with Crippen LogP contribution in [0, 0.1) is 0 Å². The largest absolute Gasteiger partial charge is 0.475 e. The van der Waals surface area contributed by atoms with Crippen LogP contribution in [0.25, 0.3) is 0 Å². The van der Waals surface area contributed by atoms with Crippen molar-refractivity contribution in [1.29, 1.82) is 0 Å². The predicted molar refractivity (Wildman–Crippen MR) is 87.8 cm³/mol. The number of nitrogens with zero attached hydrogens (tertiary/aromatic N) is 1. The number of para-hydroxylation sites is 3. The fraction of sp³-hybridized carbons (Fsp3) is 0. The Bertz CT molecular complexity index is 569. The van der Waals surface area contributed by atoms with Crippen LogP contribution in [0.1, 0.15) is 0 Å². The molecule has 3 rings (SSSR count). The third kappa shape index (κ3) is 2.24. The van der Waals surface area contributed by atoms with E-state index in [4.69, 9.17) is 12.8 Å². The molecule has 0 aliphatic carbocycles. The Balaban J connectivity index is 2.24. The normalized spacial score (nSPS) is 11.2. The Morgan fingerprint density at radius 2 is 0.700 bits per heavy atom. The summed E-state index contributed by atoms with van der Waals surface area (Å²) in [5, 5.41) is 0. The SMILES string of the molecule is [S-][N+](c1ccccc1)(c1ccccc1)c1ccccc1. The van der Waals surface area contributed by atoms with Crippen LogP contribution >= 0.6 is 0 Å². The van der Waals surface area contributed by atoms with E-state index in [0.29, 0.717) is 0 Å². The lowest BCUT2D eigenvalue weighted by Gasteiger charge is -2.43. The Labute approximate surface area is 125 Å². The first-order valence-electron chi connectivity index (χ1n) is 6.59. The van der Waals surface area contributed by atoms with Crippen LogP contribution in [0.5, 0.6) is 0 Å². The molecule has 2 heteroatoms. The molecule has 0 aliphatic heterocycles. The summed E-state index contributed by atoms with van der Waals surface area (Å²) in [6.45, 7) is 0. The maximum atomic E-state index is 6.04. The highest BCUT2D eigenvalue weighted by atomic mass is 32.1. The van der Waals surface area contributed by atoms with Gasteiger partial charge in [-0.2, -0.15) is 0 Å². The van der Waals surface area contributed by atoms with Crippen molar-refractivity contribution in [2.75, 3.05) is 0 Å². The fourth-order valence-corrected chi connectivity index (χ4v) is 2.73. The number of hydrogen-bond acceptors (Lipinski definition) is 1. The molecule has 0 unspecified atom stereocenters. The summed E-state index contributed by atoms with van der Waals surface area (Å²) < 4.78 is 0.252. The molecule has 0 spiro atoms. The smallest absolute Gasteiger partial charge is 0.125 e. The molecule has 20 heavy (non-hydrogen) atoms. The minimum atomic E-state index is 0.252. The van der Waals surface area contributed by atoms with Gasteiger partial charge in [-0.05, 0) is 36.4 Å². The predicted octanol–water partition coefficient (Wildman–Crippen LogP) is 5.12. The summed E-state index contributed by atoms with van der Waals surface area (Å²) in [4.78, 5) is 0. The van der Waals surface area contributed by atoms with Gasteiger partial charge in [0.1, 0.15) is 17.1 Å². The van der Waals surface area contributed by atoms with Crippen molar-refractivity contribution in [2.24, 2.45) is 0 Å². The topological polar surface area (TPSA) is 0 Å². The molecule has 0 heterocycles. The molecule has 0 fully saturated rings. The number of hydrogen-bond donors (Lipinski definition) is 0. The van der Waals surface area contributed by atoms with E-state index in [0.717, 1.165) is 17.1 Å². The lowest BCUT2D eigenvalue weighted by molar-refractivity contribution is 0.837. The van der Waals surface area contributed by atoms with Crippen molar-refractivity contribution in [3.63, 3.8) is 0 Å². The Morgan fingerprint density at radius 1 is 0.450 bits per heavy atom. The highest BCUT2D eigenvalue weighted by Gasteiger charge is 2.23. The molecule has 3 aromatic rings. The van der Waals surface area contributed by atoms with Crippen molar-refractivity contribution >= 4 is 29.9 Å². The van der Waals surface area contributed by atoms with Crippen molar-refractivity contribution < 1.29 is 0 Å². The molecule has 0 saturated carbocycles. The van der Waals surface area contributed by atoms with E-state index < -0.39 is 0 Å². The standard InChI is InChI=1S/C18H15NS/c20-19(16-10-4-1-5-11-16,17-12-6-2-7-13-17)18-14-8-3-9-15-18/h1-15H. The van der Waals surface area contributed by atoms with Crippen LogP contribution in [0.2, 0.25) is 0 Å². The van der Waals surface area contributed by atoms with Gasteiger partial charge in [0.25, 0.3) is 0 Å². The molecule has 0 atom stereocenters. The maximum absolute atomic E-state index is 6.04. The minimum absolute atomic E-state index is 0.252. The number of rotatable bonds is 3. The van der Waals surface area contributed by atoms with Gasteiger partial charge in [-0.1, -0.05) is 54.6 Å². The first-order valence-corrected chi connectivity index (χ1v) is 6.95. The average Bonchev–Trinajstić information content (AvgIpc) is 2.56. The van der Waals surface area contributed by atoms with Gasteiger partial charge in [-0.3, -0.25) is 0 Å². The van der Waals surface area contributed by atoms with Crippen molar-refractivity contribution in [1.82, 2.24) is 3.89 Å². The van der Waals surface area contributed by atoms with Crippen LogP contribution in [0.3, 0.4) is 0 Å². The summed E-state index contributed by atoms with van der Waals surface area (Å²) in [5.74, 6) is 0. The molecule has 1 nitrogen and oxygen atoms in total. The van der Waals surface area contributed by atoms with E-state index in [-0.39, 0.29) is 3.89 Å². The van der Waals surface area contributed by atoms with Gasteiger partial charge < -0.3 is 16.7 Å². The molecule has 0 N–H and O–H groups in total. The van der Waals surface area contributed by atoms with Gasteiger partial charge in [0.15, 0.2) is 0 Å². The van der Waals surface area contributed by atoms with E-state index in [1.165, 1.54) is 0 Å². The van der Waals surface area contributed by atoms with Gasteiger partial charge in [0.2, 0.25) is 0 Å². The molecular weight excluding hydrogens is 262 g/mol. The Hall–Kier alpha value is -2.03. The molecular formula is C18H15NS. The third-order valence-electron chi connectivity index (χ3n) is 3.36. The fourth-order valence-electron chi connectivity index (χ4n) is 2.36. The summed E-state index contributed by atoms with van der Waals surface area (Å²) in [6, 6.07) is 30.7. The molecule has 3 aromatic carbocycles. The zero-order chi connectivity index (χ0) is 13.8. The van der Waals surface area contributed by atoms with Crippen molar-refractivity contribution in [3.05, 3.63) is 91.0 Å². The molecule has 0 aromatic heterocycles. The lowest BCUT2D eigenvalue weighted by atomic mass is 10.2. The molecule has 0 radical (unpaired) electrons. The molecule has 0 amide bonds. The van der Waals surface area contributed by atoms with Crippen LogP contribution in [0.4, 0.5) is 17.1 Å². The maximum Gasteiger partial charge on any atom is 0.125 e. The Kier molecular flexibility index (Phi) is 3.59. The monoisotopic (exact) mass is 277 g/mol. The summed E-state index contributed by atoms with van der Waals surface area (Å²) >= 11 is 6.04.